The summed E-state index contributed by atoms with van der Waals surface area (Å²) in [6.07, 6.45) is 1.44. The van der Waals surface area contributed by atoms with Crippen LogP contribution < -0.4 is 4.18 Å². The third-order valence-corrected chi connectivity index (χ3v) is 4.23. The van der Waals surface area contributed by atoms with Crippen molar-refractivity contribution in [2.24, 2.45) is 0 Å². The molecule has 8 heteroatoms. The number of benzene rings is 2. The Bertz CT molecular complexity index is 857. The second-order valence-electron chi connectivity index (χ2n) is 4.60. The van der Waals surface area contributed by atoms with Crippen molar-refractivity contribution >= 4 is 10.1 Å². The molecule has 0 radical (unpaired) electrons. The van der Waals surface area contributed by atoms with Crippen molar-refractivity contribution in [3.63, 3.8) is 0 Å². The Morgan fingerprint density at radius 2 is 1.68 bits per heavy atom. The van der Waals surface area contributed by atoms with Crippen LogP contribution in [-0.2, 0) is 10.1 Å². The molecule has 1 heterocycles. The Morgan fingerprint density at radius 1 is 1.00 bits per heavy atom. The number of tetrazole rings is 1. The lowest BCUT2D eigenvalue weighted by Crippen LogP contribution is -2.09. The van der Waals surface area contributed by atoms with E-state index >= 15 is 0 Å². The average Bonchev–Trinajstić information content (AvgIpc) is 3.02. The van der Waals surface area contributed by atoms with Crippen LogP contribution in [0.15, 0.2) is 59.8 Å². The molecule has 3 aromatic rings. The van der Waals surface area contributed by atoms with E-state index in [0.717, 1.165) is 5.56 Å². The minimum absolute atomic E-state index is 0.114. The molecular formula is C14H12N4O3S. The van der Waals surface area contributed by atoms with Crippen molar-refractivity contribution in [2.75, 3.05) is 0 Å². The van der Waals surface area contributed by atoms with Gasteiger partial charge in [-0.2, -0.15) is 8.42 Å². The Labute approximate surface area is 127 Å². The maximum Gasteiger partial charge on any atom is 0.339 e. The van der Waals surface area contributed by atoms with Crippen LogP contribution in [0.25, 0.3) is 5.69 Å². The number of rotatable bonds is 4. The molecule has 0 saturated carbocycles. The fourth-order valence-electron chi connectivity index (χ4n) is 1.81. The van der Waals surface area contributed by atoms with Gasteiger partial charge in [0, 0.05) is 0 Å². The van der Waals surface area contributed by atoms with Crippen LogP contribution in [0.1, 0.15) is 5.56 Å². The zero-order chi connectivity index (χ0) is 15.6. The standard InChI is InChI=1S/C14H12N4O3S/c1-11-2-8-14(9-3-11)22(19,20)21-13-6-4-12(5-7-13)18-10-15-16-17-18/h2-10H,1H3. The van der Waals surface area contributed by atoms with Gasteiger partial charge in [-0.3, -0.25) is 0 Å². The predicted octanol–water partition coefficient (Wildman–Crippen LogP) is 1.74. The van der Waals surface area contributed by atoms with Gasteiger partial charge < -0.3 is 4.18 Å². The SMILES string of the molecule is Cc1ccc(S(=O)(=O)Oc2ccc(-n3cnnn3)cc2)cc1. The molecule has 22 heavy (non-hydrogen) atoms. The van der Waals surface area contributed by atoms with Gasteiger partial charge in [0.15, 0.2) is 0 Å². The van der Waals surface area contributed by atoms with Crippen LogP contribution in [0.3, 0.4) is 0 Å². The Hall–Kier alpha value is -2.74. The highest BCUT2D eigenvalue weighted by atomic mass is 32.2. The second-order valence-corrected chi connectivity index (χ2v) is 6.15. The largest absolute Gasteiger partial charge is 0.379 e. The lowest BCUT2D eigenvalue weighted by molar-refractivity contribution is 0.486. The maximum atomic E-state index is 12.2. The Morgan fingerprint density at radius 3 is 2.27 bits per heavy atom. The van der Waals surface area contributed by atoms with Gasteiger partial charge in [0.05, 0.1) is 5.69 Å². The summed E-state index contributed by atoms with van der Waals surface area (Å²) in [5.74, 6) is 0.220. The number of hydrogen-bond acceptors (Lipinski definition) is 6. The third kappa shape index (κ3) is 2.96. The monoisotopic (exact) mass is 316 g/mol. The van der Waals surface area contributed by atoms with E-state index in [4.69, 9.17) is 4.18 Å². The molecule has 0 unspecified atom stereocenters. The number of aromatic nitrogens is 4. The summed E-state index contributed by atoms with van der Waals surface area (Å²) in [5.41, 5.74) is 1.68. The molecule has 0 spiro atoms. The summed E-state index contributed by atoms with van der Waals surface area (Å²) >= 11 is 0. The van der Waals surface area contributed by atoms with Crippen molar-refractivity contribution < 1.29 is 12.6 Å². The summed E-state index contributed by atoms with van der Waals surface area (Å²) in [6.45, 7) is 1.88. The first-order chi connectivity index (χ1) is 10.5. The lowest BCUT2D eigenvalue weighted by atomic mass is 10.2. The molecule has 112 valence electrons. The van der Waals surface area contributed by atoms with E-state index in [2.05, 4.69) is 15.5 Å². The molecule has 0 fully saturated rings. The average molecular weight is 316 g/mol. The van der Waals surface area contributed by atoms with E-state index in [1.54, 1.807) is 36.4 Å². The molecule has 0 atom stereocenters. The van der Waals surface area contributed by atoms with Crippen molar-refractivity contribution in [2.45, 2.75) is 11.8 Å². The first-order valence-corrected chi connectivity index (χ1v) is 7.80. The van der Waals surface area contributed by atoms with Gasteiger partial charge in [0.2, 0.25) is 0 Å². The van der Waals surface area contributed by atoms with Gasteiger partial charge >= 0.3 is 10.1 Å². The molecule has 3 rings (SSSR count). The van der Waals surface area contributed by atoms with E-state index in [1.165, 1.54) is 23.1 Å². The van der Waals surface area contributed by atoms with Gasteiger partial charge in [-0.15, -0.1) is 5.10 Å². The minimum Gasteiger partial charge on any atom is -0.379 e. The molecule has 0 aliphatic heterocycles. The lowest BCUT2D eigenvalue weighted by Gasteiger charge is -2.08. The van der Waals surface area contributed by atoms with Crippen molar-refractivity contribution in [1.29, 1.82) is 0 Å². The summed E-state index contributed by atoms with van der Waals surface area (Å²) in [5, 5.41) is 10.8. The highest BCUT2D eigenvalue weighted by Crippen LogP contribution is 2.20. The van der Waals surface area contributed by atoms with Crippen LogP contribution in [0.2, 0.25) is 0 Å². The van der Waals surface area contributed by atoms with E-state index in [-0.39, 0.29) is 10.6 Å². The number of hydrogen-bond donors (Lipinski definition) is 0. The van der Waals surface area contributed by atoms with Crippen molar-refractivity contribution in [1.82, 2.24) is 20.2 Å². The third-order valence-electron chi connectivity index (χ3n) is 2.97. The minimum atomic E-state index is -3.84. The van der Waals surface area contributed by atoms with E-state index in [9.17, 15) is 8.42 Å². The smallest absolute Gasteiger partial charge is 0.339 e. The molecule has 0 aliphatic rings. The highest BCUT2D eigenvalue weighted by Gasteiger charge is 2.16. The fraction of sp³-hybridized carbons (Fsp3) is 0.0714. The first-order valence-electron chi connectivity index (χ1n) is 6.39. The fourth-order valence-corrected chi connectivity index (χ4v) is 2.74. The number of nitrogens with zero attached hydrogens (tertiary/aromatic N) is 4. The van der Waals surface area contributed by atoms with Crippen molar-refractivity contribution in [3.8, 4) is 11.4 Å². The molecular weight excluding hydrogens is 304 g/mol. The Kier molecular flexibility index (Phi) is 3.60. The van der Waals surface area contributed by atoms with Crippen LogP contribution >= 0.6 is 0 Å². The molecule has 0 N–H and O–H groups in total. The van der Waals surface area contributed by atoms with Crippen LogP contribution in [0.4, 0.5) is 0 Å². The Balaban J connectivity index is 1.82. The zero-order valence-electron chi connectivity index (χ0n) is 11.6. The van der Waals surface area contributed by atoms with Crippen molar-refractivity contribution in [3.05, 3.63) is 60.4 Å². The topological polar surface area (TPSA) is 87.0 Å². The second kappa shape index (κ2) is 5.57. The predicted molar refractivity (Wildman–Crippen MR) is 78.1 cm³/mol. The van der Waals surface area contributed by atoms with E-state index < -0.39 is 10.1 Å². The summed E-state index contributed by atoms with van der Waals surface area (Å²) in [6, 6.07) is 12.9. The van der Waals surface area contributed by atoms with Gasteiger partial charge in [-0.1, -0.05) is 17.7 Å². The van der Waals surface area contributed by atoms with E-state index in [0.29, 0.717) is 5.69 Å². The molecule has 0 saturated heterocycles. The summed E-state index contributed by atoms with van der Waals surface area (Å²) < 4.78 is 30.9. The van der Waals surface area contributed by atoms with Crippen LogP contribution in [-0.4, -0.2) is 28.6 Å². The van der Waals surface area contributed by atoms with E-state index in [1.807, 2.05) is 6.92 Å². The van der Waals surface area contributed by atoms with Crippen LogP contribution in [0.5, 0.6) is 5.75 Å². The van der Waals surface area contributed by atoms with Gasteiger partial charge in [0.25, 0.3) is 0 Å². The quantitative estimate of drug-likeness (QED) is 0.681. The molecule has 1 aromatic heterocycles. The zero-order valence-corrected chi connectivity index (χ0v) is 12.4. The van der Waals surface area contributed by atoms with Gasteiger partial charge in [0.1, 0.15) is 17.0 Å². The normalized spacial score (nSPS) is 11.3. The first kappa shape index (κ1) is 14.2. The number of aryl methyl sites for hydroxylation is 1. The maximum absolute atomic E-state index is 12.2. The van der Waals surface area contributed by atoms with Gasteiger partial charge in [-0.25, -0.2) is 4.68 Å². The highest BCUT2D eigenvalue weighted by molar-refractivity contribution is 7.87. The molecule has 7 nitrogen and oxygen atoms in total. The summed E-state index contributed by atoms with van der Waals surface area (Å²) in [4.78, 5) is 0.114. The molecule has 2 aromatic carbocycles. The summed E-state index contributed by atoms with van der Waals surface area (Å²) in [7, 11) is -3.84. The van der Waals surface area contributed by atoms with Crippen LogP contribution in [0, 0.1) is 6.92 Å². The molecule has 0 aliphatic carbocycles. The molecule has 0 amide bonds. The molecule has 0 bridgehead atoms. The van der Waals surface area contributed by atoms with Gasteiger partial charge in [-0.05, 0) is 53.7 Å².